The molecule has 0 bridgehead atoms. The van der Waals surface area contributed by atoms with Gasteiger partial charge in [0, 0.05) is 6.42 Å². The summed E-state index contributed by atoms with van der Waals surface area (Å²) >= 11 is 1.33. The minimum atomic E-state index is -0.265. The summed E-state index contributed by atoms with van der Waals surface area (Å²) in [5.74, 6) is 1.26. The van der Waals surface area contributed by atoms with Gasteiger partial charge in [-0.15, -0.1) is 10.2 Å². The fourth-order valence-corrected chi connectivity index (χ4v) is 3.08. The lowest BCUT2D eigenvalue weighted by Gasteiger charge is -2.09. The zero-order valence-electron chi connectivity index (χ0n) is 15.3. The van der Waals surface area contributed by atoms with Crippen LogP contribution in [0.4, 0.5) is 5.13 Å². The number of aryl methyl sites for hydroxylation is 2. The Morgan fingerprint density at radius 2 is 1.89 bits per heavy atom. The molecule has 0 unspecified atom stereocenters. The summed E-state index contributed by atoms with van der Waals surface area (Å²) in [4.78, 5) is 12.1. The van der Waals surface area contributed by atoms with E-state index in [1.807, 2.05) is 62.4 Å². The number of hydrogen-bond donors (Lipinski definition) is 1. The number of anilines is 1. The summed E-state index contributed by atoms with van der Waals surface area (Å²) in [6.07, 6.45) is 0.626. The van der Waals surface area contributed by atoms with Gasteiger partial charge in [-0.3, -0.25) is 10.1 Å². The van der Waals surface area contributed by atoms with Gasteiger partial charge in [-0.1, -0.05) is 41.7 Å². The van der Waals surface area contributed by atoms with Crippen molar-refractivity contribution in [3.63, 3.8) is 0 Å². The maximum Gasteiger partial charge on any atom is 0.264 e. The zero-order chi connectivity index (χ0) is 19.1. The van der Waals surface area contributed by atoms with E-state index in [0.29, 0.717) is 23.9 Å². The van der Waals surface area contributed by atoms with Gasteiger partial charge in [0.2, 0.25) is 5.13 Å². The van der Waals surface area contributed by atoms with E-state index >= 15 is 0 Å². The first-order valence-corrected chi connectivity index (χ1v) is 9.42. The lowest BCUT2D eigenvalue weighted by molar-refractivity contribution is -0.118. The van der Waals surface area contributed by atoms with Crippen LogP contribution < -0.4 is 14.8 Å². The molecular weight excluding hydrogens is 362 g/mol. The second kappa shape index (κ2) is 9.14. The van der Waals surface area contributed by atoms with E-state index in [-0.39, 0.29) is 12.5 Å². The molecule has 0 aliphatic rings. The number of ether oxygens (including phenoxy) is 2. The molecule has 140 valence electrons. The van der Waals surface area contributed by atoms with Crippen molar-refractivity contribution in [3.8, 4) is 11.5 Å². The highest BCUT2D eigenvalue weighted by Crippen LogP contribution is 2.20. The topological polar surface area (TPSA) is 73.3 Å². The fraction of sp³-hybridized carbons (Fsp3) is 0.250. The Morgan fingerprint density at radius 1 is 1.07 bits per heavy atom. The number of nitrogens with zero attached hydrogens (tertiary/aromatic N) is 2. The van der Waals surface area contributed by atoms with Crippen molar-refractivity contribution >= 4 is 22.4 Å². The highest BCUT2D eigenvalue weighted by molar-refractivity contribution is 7.15. The van der Waals surface area contributed by atoms with Crippen LogP contribution in [0.1, 0.15) is 16.1 Å². The molecule has 7 heteroatoms. The van der Waals surface area contributed by atoms with Gasteiger partial charge < -0.3 is 9.47 Å². The number of aromatic nitrogens is 2. The van der Waals surface area contributed by atoms with E-state index in [9.17, 15) is 4.79 Å². The van der Waals surface area contributed by atoms with Crippen molar-refractivity contribution in [2.24, 2.45) is 0 Å². The Bertz CT molecular complexity index is 896. The first-order valence-electron chi connectivity index (χ1n) is 8.60. The average Bonchev–Trinajstić information content (AvgIpc) is 3.10. The Balaban J connectivity index is 1.44. The molecule has 3 aromatic rings. The first-order chi connectivity index (χ1) is 13.1. The number of rotatable bonds is 8. The largest absolute Gasteiger partial charge is 0.493 e. The molecule has 0 saturated heterocycles. The Morgan fingerprint density at radius 3 is 2.70 bits per heavy atom. The standard InChI is InChI=1S/C20H21N3O3S/c1-14-8-9-15(2)17(12-14)26-13-18(24)21-20-23-22-19(27-20)10-11-25-16-6-4-3-5-7-16/h3-9,12H,10-11,13H2,1-2H3,(H,21,23,24). The molecule has 0 spiro atoms. The van der Waals surface area contributed by atoms with E-state index in [2.05, 4.69) is 15.5 Å². The highest BCUT2D eigenvalue weighted by Gasteiger charge is 2.10. The molecule has 0 aliphatic carbocycles. The van der Waals surface area contributed by atoms with Crippen molar-refractivity contribution in [1.82, 2.24) is 10.2 Å². The van der Waals surface area contributed by atoms with Crippen LogP contribution in [0.5, 0.6) is 11.5 Å². The van der Waals surface area contributed by atoms with Gasteiger partial charge in [0.25, 0.3) is 5.91 Å². The lowest BCUT2D eigenvalue weighted by atomic mass is 10.1. The Labute approximate surface area is 162 Å². The van der Waals surface area contributed by atoms with E-state index in [1.165, 1.54) is 11.3 Å². The van der Waals surface area contributed by atoms with Crippen LogP contribution in [0.3, 0.4) is 0 Å². The Hall–Kier alpha value is -2.93. The normalized spacial score (nSPS) is 10.4. The van der Waals surface area contributed by atoms with Crippen LogP contribution in [-0.2, 0) is 11.2 Å². The summed E-state index contributed by atoms with van der Waals surface area (Å²) < 4.78 is 11.2. The first kappa shape index (κ1) is 18.8. The second-order valence-corrected chi connectivity index (χ2v) is 7.08. The number of para-hydroxylation sites is 1. The third-order valence-electron chi connectivity index (χ3n) is 3.74. The molecule has 3 rings (SSSR count). The van der Waals surface area contributed by atoms with Gasteiger partial charge in [0.15, 0.2) is 6.61 Å². The SMILES string of the molecule is Cc1ccc(C)c(OCC(=O)Nc2nnc(CCOc3ccccc3)s2)c1. The van der Waals surface area contributed by atoms with Crippen LogP contribution in [0.15, 0.2) is 48.5 Å². The van der Waals surface area contributed by atoms with Crippen molar-refractivity contribution in [1.29, 1.82) is 0 Å². The molecular formula is C20H21N3O3S. The highest BCUT2D eigenvalue weighted by atomic mass is 32.1. The summed E-state index contributed by atoms with van der Waals surface area (Å²) in [6, 6.07) is 15.5. The molecule has 2 aromatic carbocycles. The van der Waals surface area contributed by atoms with Crippen LogP contribution in [0.25, 0.3) is 0 Å². The maximum absolute atomic E-state index is 12.1. The summed E-state index contributed by atoms with van der Waals surface area (Å²) in [5, 5.41) is 12.0. The summed E-state index contributed by atoms with van der Waals surface area (Å²) in [7, 11) is 0. The van der Waals surface area contributed by atoms with E-state index in [4.69, 9.17) is 9.47 Å². The van der Waals surface area contributed by atoms with Gasteiger partial charge in [0.05, 0.1) is 6.61 Å². The molecule has 6 nitrogen and oxygen atoms in total. The van der Waals surface area contributed by atoms with Crippen molar-refractivity contribution in [2.45, 2.75) is 20.3 Å². The van der Waals surface area contributed by atoms with Gasteiger partial charge in [0.1, 0.15) is 16.5 Å². The monoisotopic (exact) mass is 383 g/mol. The molecule has 27 heavy (non-hydrogen) atoms. The third-order valence-corrected chi connectivity index (χ3v) is 4.64. The smallest absolute Gasteiger partial charge is 0.264 e. The van der Waals surface area contributed by atoms with E-state index in [1.54, 1.807) is 0 Å². The molecule has 1 aromatic heterocycles. The van der Waals surface area contributed by atoms with Crippen LogP contribution in [0.2, 0.25) is 0 Å². The number of benzene rings is 2. The van der Waals surface area contributed by atoms with Gasteiger partial charge in [-0.2, -0.15) is 0 Å². The number of carbonyl (C=O) groups is 1. The molecule has 0 saturated carbocycles. The third kappa shape index (κ3) is 5.79. The molecule has 1 heterocycles. The van der Waals surface area contributed by atoms with Gasteiger partial charge >= 0.3 is 0 Å². The fourth-order valence-electron chi connectivity index (χ4n) is 2.34. The minimum Gasteiger partial charge on any atom is -0.493 e. The van der Waals surface area contributed by atoms with Gasteiger partial charge in [-0.25, -0.2) is 0 Å². The predicted molar refractivity (Wildman–Crippen MR) is 106 cm³/mol. The molecule has 1 amide bonds. The van der Waals surface area contributed by atoms with Crippen LogP contribution >= 0.6 is 11.3 Å². The number of amides is 1. The number of carbonyl (C=O) groups excluding carboxylic acids is 1. The molecule has 0 radical (unpaired) electrons. The lowest BCUT2D eigenvalue weighted by Crippen LogP contribution is -2.20. The molecule has 0 aliphatic heterocycles. The van der Waals surface area contributed by atoms with Crippen LogP contribution in [0, 0.1) is 13.8 Å². The average molecular weight is 383 g/mol. The van der Waals surface area contributed by atoms with Crippen molar-refractivity contribution in [3.05, 3.63) is 64.7 Å². The van der Waals surface area contributed by atoms with Crippen molar-refractivity contribution < 1.29 is 14.3 Å². The maximum atomic E-state index is 12.1. The van der Waals surface area contributed by atoms with E-state index in [0.717, 1.165) is 21.9 Å². The quantitative estimate of drug-likeness (QED) is 0.641. The van der Waals surface area contributed by atoms with E-state index < -0.39 is 0 Å². The predicted octanol–water partition coefficient (Wildman–Crippen LogP) is 3.79. The summed E-state index contributed by atoms with van der Waals surface area (Å²) in [6.45, 7) is 4.36. The molecule has 1 N–H and O–H groups in total. The molecule has 0 atom stereocenters. The second-order valence-electron chi connectivity index (χ2n) is 6.02. The summed E-state index contributed by atoms with van der Waals surface area (Å²) in [5.41, 5.74) is 2.08. The number of hydrogen-bond acceptors (Lipinski definition) is 6. The minimum absolute atomic E-state index is 0.0731. The zero-order valence-corrected chi connectivity index (χ0v) is 16.1. The van der Waals surface area contributed by atoms with Crippen LogP contribution in [-0.4, -0.2) is 29.3 Å². The van der Waals surface area contributed by atoms with Crippen molar-refractivity contribution in [2.75, 3.05) is 18.5 Å². The molecule has 0 fully saturated rings. The number of nitrogens with one attached hydrogen (secondary N) is 1. The Kier molecular flexibility index (Phi) is 6.38. The van der Waals surface area contributed by atoms with Gasteiger partial charge in [-0.05, 0) is 43.2 Å².